The summed E-state index contributed by atoms with van der Waals surface area (Å²) in [6, 6.07) is 10.9. The zero-order valence-electron chi connectivity index (χ0n) is 9.42. The second kappa shape index (κ2) is 4.74. The molecular weight excluding hydrogens is 216 g/mol. The van der Waals surface area contributed by atoms with Crippen molar-refractivity contribution in [2.75, 3.05) is 0 Å². The van der Waals surface area contributed by atoms with Crippen LogP contribution in [-0.4, -0.2) is 21.0 Å². The maximum absolute atomic E-state index is 11.0. The number of aromatic carboxylic acids is 1. The monoisotopic (exact) mass is 228 g/mol. The zero-order valence-corrected chi connectivity index (χ0v) is 9.42. The van der Waals surface area contributed by atoms with Gasteiger partial charge in [0.15, 0.2) is 11.5 Å². The van der Waals surface area contributed by atoms with E-state index in [4.69, 9.17) is 5.11 Å². The average Bonchev–Trinajstić information content (AvgIpc) is 2.39. The van der Waals surface area contributed by atoms with Crippen molar-refractivity contribution in [1.29, 1.82) is 0 Å². The minimum absolute atomic E-state index is 0.0377. The van der Waals surface area contributed by atoms with Gasteiger partial charge in [-0.25, -0.2) is 14.8 Å². The van der Waals surface area contributed by atoms with Crippen LogP contribution in [0.15, 0.2) is 36.4 Å². The first-order valence-electron chi connectivity index (χ1n) is 5.37. The number of carboxylic acids is 1. The summed E-state index contributed by atoms with van der Waals surface area (Å²) >= 11 is 0. The van der Waals surface area contributed by atoms with Gasteiger partial charge >= 0.3 is 5.97 Å². The molecule has 2 rings (SSSR count). The molecule has 0 aliphatic heterocycles. The van der Waals surface area contributed by atoms with Gasteiger partial charge in [-0.3, -0.25) is 0 Å². The van der Waals surface area contributed by atoms with Crippen LogP contribution in [0.4, 0.5) is 0 Å². The summed E-state index contributed by atoms with van der Waals surface area (Å²) in [6.07, 6.45) is 0.683. The Morgan fingerprint density at radius 2 is 1.94 bits per heavy atom. The first-order valence-corrected chi connectivity index (χ1v) is 5.37. The van der Waals surface area contributed by atoms with Crippen molar-refractivity contribution in [2.24, 2.45) is 0 Å². The normalized spacial score (nSPS) is 10.2. The maximum Gasteiger partial charge on any atom is 0.354 e. The number of nitrogens with zero attached hydrogens (tertiary/aromatic N) is 2. The van der Waals surface area contributed by atoms with Crippen molar-refractivity contribution in [1.82, 2.24) is 9.97 Å². The fraction of sp³-hybridized carbons (Fsp3) is 0.154. The maximum atomic E-state index is 11.0. The number of hydrogen-bond acceptors (Lipinski definition) is 3. The van der Waals surface area contributed by atoms with E-state index in [1.165, 1.54) is 6.07 Å². The van der Waals surface area contributed by atoms with Gasteiger partial charge in [-0.05, 0) is 12.5 Å². The van der Waals surface area contributed by atoms with E-state index >= 15 is 0 Å². The Balaban J connectivity index is 2.54. The van der Waals surface area contributed by atoms with E-state index in [0.717, 1.165) is 11.3 Å². The standard InChI is InChI=1S/C13H12N2O2/c1-2-10-8-11(13(16)17)15-12(14-10)9-6-4-3-5-7-9/h3-8H,2H2,1H3,(H,16,17). The third kappa shape index (κ3) is 2.47. The predicted molar refractivity (Wildman–Crippen MR) is 63.8 cm³/mol. The molecule has 4 heteroatoms. The molecule has 0 aliphatic carbocycles. The molecule has 2 aromatic rings. The summed E-state index contributed by atoms with van der Waals surface area (Å²) < 4.78 is 0. The molecule has 0 atom stereocenters. The van der Waals surface area contributed by atoms with E-state index in [1.807, 2.05) is 37.3 Å². The molecule has 86 valence electrons. The third-order valence-electron chi connectivity index (χ3n) is 2.39. The summed E-state index contributed by atoms with van der Waals surface area (Å²) in [4.78, 5) is 19.3. The van der Waals surface area contributed by atoms with Crippen LogP contribution in [0.5, 0.6) is 0 Å². The molecule has 0 bridgehead atoms. The summed E-state index contributed by atoms with van der Waals surface area (Å²) in [6.45, 7) is 1.93. The summed E-state index contributed by atoms with van der Waals surface area (Å²) in [7, 11) is 0. The molecule has 1 N–H and O–H groups in total. The van der Waals surface area contributed by atoms with E-state index < -0.39 is 5.97 Å². The van der Waals surface area contributed by atoms with Gasteiger partial charge in [0, 0.05) is 11.3 Å². The largest absolute Gasteiger partial charge is 0.477 e. The van der Waals surface area contributed by atoms with Crippen LogP contribution in [0.3, 0.4) is 0 Å². The lowest BCUT2D eigenvalue weighted by molar-refractivity contribution is 0.0690. The van der Waals surface area contributed by atoms with Gasteiger partial charge in [-0.15, -0.1) is 0 Å². The Kier molecular flexibility index (Phi) is 3.14. The third-order valence-corrected chi connectivity index (χ3v) is 2.39. The highest BCUT2D eigenvalue weighted by molar-refractivity contribution is 5.86. The first-order chi connectivity index (χ1) is 8.20. The van der Waals surface area contributed by atoms with E-state index in [2.05, 4.69) is 9.97 Å². The number of benzene rings is 1. The number of carbonyl (C=O) groups is 1. The van der Waals surface area contributed by atoms with Crippen molar-refractivity contribution in [3.63, 3.8) is 0 Å². The molecular formula is C13H12N2O2. The lowest BCUT2D eigenvalue weighted by Gasteiger charge is -2.04. The van der Waals surface area contributed by atoms with Crippen LogP contribution in [0, 0.1) is 0 Å². The molecule has 17 heavy (non-hydrogen) atoms. The van der Waals surface area contributed by atoms with Gasteiger partial charge in [0.1, 0.15) is 0 Å². The molecule has 1 aromatic heterocycles. The number of carboxylic acid groups (broad SMARTS) is 1. The fourth-order valence-corrected chi connectivity index (χ4v) is 1.50. The molecule has 1 heterocycles. The number of hydrogen-bond donors (Lipinski definition) is 1. The molecule has 0 unspecified atom stereocenters. The van der Waals surface area contributed by atoms with Crippen molar-refractivity contribution in [3.8, 4) is 11.4 Å². The zero-order chi connectivity index (χ0) is 12.3. The summed E-state index contributed by atoms with van der Waals surface area (Å²) in [5, 5.41) is 8.99. The highest BCUT2D eigenvalue weighted by atomic mass is 16.4. The number of aryl methyl sites for hydroxylation is 1. The second-order valence-corrected chi connectivity index (χ2v) is 3.59. The van der Waals surface area contributed by atoms with Crippen LogP contribution in [0.2, 0.25) is 0 Å². The van der Waals surface area contributed by atoms with Gasteiger partial charge in [0.2, 0.25) is 0 Å². The molecule has 0 saturated heterocycles. The lowest BCUT2D eigenvalue weighted by Crippen LogP contribution is -2.05. The van der Waals surface area contributed by atoms with E-state index in [-0.39, 0.29) is 5.69 Å². The van der Waals surface area contributed by atoms with Crippen molar-refractivity contribution >= 4 is 5.97 Å². The quantitative estimate of drug-likeness (QED) is 0.876. The van der Waals surface area contributed by atoms with E-state index in [0.29, 0.717) is 12.2 Å². The highest BCUT2D eigenvalue weighted by Gasteiger charge is 2.10. The lowest BCUT2D eigenvalue weighted by atomic mass is 10.2. The topological polar surface area (TPSA) is 63.1 Å². The van der Waals surface area contributed by atoms with Gasteiger partial charge in [0.25, 0.3) is 0 Å². The van der Waals surface area contributed by atoms with E-state index in [9.17, 15) is 4.79 Å². The molecule has 0 fully saturated rings. The molecule has 0 radical (unpaired) electrons. The molecule has 0 saturated carbocycles. The Labute approximate surface area is 99.0 Å². The summed E-state index contributed by atoms with van der Waals surface area (Å²) in [5.41, 5.74) is 1.59. The van der Waals surface area contributed by atoms with Crippen LogP contribution in [0.1, 0.15) is 23.1 Å². The Morgan fingerprint density at radius 3 is 2.53 bits per heavy atom. The van der Waals surface area contributed by atoms with Crippen LogP contribution in [-0.2, 0) is 6.42 Å². The SMILES string of the molecule is CCc1cc(C(=O)O)nc(-c2ccccc2)n1. The van der Waals surface area contributed by atoms with Crippen LogP contribution >= 0.6 is 0 Å². The number of rotatable bonds is 3. The van der Waals surface area contributed by atoms with Crippen LogP contribution in [0.25, 0.3) is 11.4 Å². The van der Waals surface area contributed by atoms with Gasteiger partial charge < -0.3 is 5.11 Å². The average molecular weight is 228 g/mol. The molecule has 0 spiro atoms. The van der Waals surface area contributed by atoms with Crippen molar-refractivity contribution in [3.05, 3.63) is 47.8 Å². The highest BCUT2D eigenvalue weighted by Crippen LogP contribution is 2.15. The Morgan fingerprint density at radius 1 is 1.24 bits per heavy atom. The van der Waals surface area contributed by atoms with Crippen LogP contribution < -0.4 is 0 Å². The minimum Gasteiger partial charge on any atom is -0.477 e. The Bertz CT molecular complexity index is 538. The van der Waals surface area contributed by atoms with Gasteiger partial charge in [0.05, 0.1) is 0 Å². The smallest absolute Gasteiger partial charge is 0.354 e. The summed E-state index contributed by atoms with van der Waals surface area (Å²) in [5.74, 6) is -0.568. The van der Waals surface area contributed by atoms with Gasteiger partial charge in [-0.2, -0.15) is 0 Å². The number of aromatic nitrogens is 2. The predicted octanol–water partition coefficient (Wildman–Crippen LogP) is 2.40. The molecule has 0 amide bonds. The Hall–Kier alpha value is -2.23. The molecule has 0 aliphatic rings. The fourth-order valence-electron chi connectivity index (χ4n) is 1.50. The second-order valence-electron chi connectivity index (χ2n) is 3.59. The van der Waals surface area contributed by atoms with Gasteiger partial charge in [-0.1, -0.05) is 37.3 Å². The van der Waals surface area contributed by atoms with Crippen molar-refractivity contribution in [2.45, 2.75) is 13.3 Å². The van der Waals surface area contributed by atoms with E-state index in [1.54, 1.807) is 0 Å². The molecule has 1 aromatic carbocycles. The minimum atomic E-state index is -1.03. The van der Waals surface area contributed by atoms with Crippen molar-refractivity contribution < 1.29 is 9.90 Å². The molecule has 4 nitrogen and oxygen atoms in total. The first kappa shape index (κ1) is 11.3.